The smallest absolute Gasteiger partial charge is 0.196 e. The second kappa shape index (κ2) is 3.85. The van der Waals surface area contributed by atoms with Crippen molar-refractivity contribution in [1.29, 1.82) is 0 Å². The molecule has 1 aromatic rings. The monoisotopic (exact) mass is 267 g/mol. The molecule has 0 saturated carbocycles. The van der Waals surface area contributed by atoms with Crippen molar-refractivity contribution in [3.63, 3.8) is 0 Å². The van der Waals surface area contributed by atoms with Crippen LogP contribution in [0.1, 0.15) is 6.92 Å². The molecule has 0 unspecified atom stereocenters. The van der Waals surface area contributed by atoms with E-state index in [4.69, 9.17) is 4.74 Å². The van der Waals surface area contributed by atoms with Crippen LogP contribution in [-0.4, -0.2) is 11.6 Å². The zero-order valence-electron chi connectivity index (χ0n) is 5.97. The fraction of sp³-hybridized carbons (Fsp3) is 0.286. The number of halogens is 2. The van der Waals surface area contributed by atoms with Gasteiger partial charge >= 0.3 is 0 Å². The largest absolute Gasteiger partial charge is 0.491 e. The Bertz CT molecular complexity index is 254. The Morgan fingerprint density at radius 1 is 1.73 bits per heavy atom. The summed E-state index contributed by atoms with van der Waals surface area (Å²) < 4.78 is 18.3. The average molecular weight is 267 g/mol. The van der Waals surface area contributed by atoms with Crippen LogP contribution in [0.15, 0.2) is 12.3 Å². The molecule has 11 heavy (non-hydrogen) atoms. The van der Waals surface area contributed by atoms with Crippen LogP contribution in [0.5, 0.6) is 5.75 Å². The Kier molecular flexibility index (Phi) is 3.04. The SMILES string of the molecule is CCOc1ccnc(I)c1F. The fourth-order valence-corrected chi connectivity index (χ4v) is 1.10. The van der Waals surface area contributed by atoms with Crippen molar-refractivity contribution in [1.82, 2.24) is 4.98 Å². The Labute approximate surface area is 77.9 Å². The fourth-order valence-electron chi connectivity index (χ4n) is 0.669. The minimum atomic E-state index is -0.380. The van der Waals surface area contributed by atoms with E-state index in [-0.39, 0.29) is 11.6 Å². The molecule has 0 atom stereocenters. The number of nitrogens with zero attached hydrogens (tertiary/aromatic N) is 1. The number of hydrogen-bond acceptors (Lipinski definition) is 2. The molecule has 1 aromatic heterocycles. The van der Waals surface area contributed by atoms with Gasteiger partial charge in [0.25, 0.3) is 0 Å². The minimum Gasteiger partial charge on any atom is -0.491 e. The summed E-state index contributed by atoms with van der Waals surface area (Å²) in [5.41, 5.74) is 0. The second-order valence-corrected chi connectivity index (χ2v) is 2.87. The number of pyridine rings is 1. The van der Waals surface area contributed by atoms with E-state index in [1.54, 1.807) is 0 Å². The van der Waals surface area contributed by atoms with Crippen molar-refractivity contribution in [2.45, 2.75) is 6.92 Å². The van der Waals surface area contributed by atoms with Crippen molar-refractivity contribution in [2.24, 2.45) is 0 Å². The van der Waals surface area contributed by atoms with E-state index < -0.39 is 0 Å². The standard InChI is InChI=1S/C7H7FINO/c1-2-11-5-3-4-10-7(9)6(5)8/h3-4H,2H2,1H3. The van der Waals surface area contributed by atoms with Gasteiger partial charge in [-0.25, -0.2) is 4.98 Å². The molecule has 0 aromatic carbocycles. The molecule has 0 bridgehead atoms. The van der Waals surface area contributed by atoms with Crippen molar-refractivity contribution < 1.29 is 9.13 Å². The summed E-state index contributed by atoms with van der Waals surface area (Å²) >= 11 is 1.82. The first kappa shape index (κ1) is 8.70. The van der Waals surface area contributed by atoms with Crippen LogP contribution in [0.4, 0.5) is 4.39 Å². The van der Waals surface area contributed by atoms with Crippen molar-refractivity contribution in [3.8, 4) is 5.75 Å². The van der Waals surface area contributed by atoms with Gasteiger partial charge in [0.2, 0.25) is 0 Å². The Morgan fingerprint density at radius 2 is 2.45 bits per heavy atom. The van der Waals surface area contributed by atoms with Gasteiger partial charge in [-0.05, 0) is 29.5 Å². The molecule has 0 aliphatic heterocycles. The van der Waals surface area contributed by atoms with E-state index in [1.165, 1.54) is 12.3 Å². The maximum atomic E-state index is 13.0. The highest BCUT2D eigenvalue weighted by Gasteiger charge is 2.06. The van der Waals surface area contributed by atoms with Gasteiger partial charge in [-0.1, -0.05) is 0 Å². The first-order valence-corrected chi connectivity index (χ1v) is 4.26. The number of aromatic nitrogens is 1. The van der Waals surface area contributed by atoms with Gasteiger partial charge in [0.05, 0.1) is 6.61 Å². The van der Waals surface area contributed by atoms with Crippen LogP contribution in [0.25, 0.3) is 0 Å². The summed E-state index contributed by atoms with van der Waals surface area (Å²) in [5, 5.41) is 0. The molecule has 4 heteroatoms. The highest BCUT2D eigenvalue weighted by molar-refractivity contribution is 14.1. The van der Waals surface area contributed by atoms with E-state index in [0.717, 1.165) is 0 Å². The lowest BCUT2D eigenvalue weighted by Gasteiger charge is -2.03. The maximum absolute atomic E-state index is 13.0. The lowest BCUT2D eigenvalue weighted by molar-refractivity contribution is 0.319. The molecule has 2 nitrogen and oxygen atoms in total. The average Bonchev–Trinajstić information content (AvgIpc) is 1.99. The molecule has 0 aliphatic carbocycles. The third kappa shape index (κ3) is 2.02. The molecule has 60 valence electrons. The summed E-state index contributed by atoms with van der Waals surface area (Å²) in [4.78, 5) is 3.75. The summed E-state index contributed by atoms with van der Waals surface area (Å²) in [6.45, 7) is 2.28. The molecule has 0 N–H and O–H groups in total. The van der Waals surface area contributed by atoms with Crippen LogP contribution >= 0.6 is 22.6 Å². The van der Waals surface area contributed by atoms with Crippen LogP contribution in [0.3, 0.4) is 0 Å². The van der Waals surface area contributed by atoms with Crippen molar-refractivity contribution >= 4 is 22.6 Å². The lowest BCUT2D eigenvalue weighted by atomic mass is 10.4. The maximum Gasteiger partial charge on any atom is 0.196 e. The Balaban J connectivity index is 2.96. The number of ether oxygens (including phenoxy) is 1. The van der Waals surface area contributed by atoms with E-state index in [9.17, 15) is 4.39 Å². The third-order valence-electron chi connectivity index (χ3n) is 1.11. The van der Waals surface area contributed by atoms with Gasteiger partial charge in [0, 0.05) is 12.3 Å². The van der Waals surface area contributed by atoms with Gasteiger partial charge < -0.3 is 4.74 Å². The molecule has 0 fully saturated rings. The highest BCUT2D eigenvalue weighted by Crippen LogP contribution is 2.19. The van der Waals surface area contributed by atoms with Crippen molar-refractivity contribution in [3.05, 3.63) is 21.8 Å². The summed E-state index contributed by atoms with van der Waals surface area (Å²) in [6.07, 6.45) is 1.52. The molecule has 0 spiro atoms. The van der Waals surface area contributed by atoms with Gasteiger partial charge in [0.15, 0.2) is 11.6 Å². The molecule has 1 rings (SSSR count). The Hall–Kier alpha value is -0.390. The van der Waals surface area contributed by atoms with Crippen molar-refractivity contribution in [2.75, 3.05) is 6.61 Å². The van der Waals surface area contributed by atoms with E-state index >= 15 is 0 Å². The summed E-state index contributed by atoms with van der Waals surface area (Å²) in [6, 6.07) is 1.51. The molecule has 0 amide bonds. The second-order valence-electron chi connectivity index (χ2n) is 1.85. The zero-order valence-corrected chi connectivity index (χ0v) is 8.13. The van der Waals surface area contributed by atoms with Gasteiger partial charge in [-0.2, -0.15) is 4.39 Å². The molecular formula is C7H7FINO. The van der Waals surface area contributed by atoms with Crippen LogP contribution < -0.4 is 4.74 Å². The number of rotatable bonds is 2. The van der Waals surface area contributed by atoms with Gasteiger partial charge in [-0.3, -0.25) is 0 Å². The highest BCUT2D eigenvalue weighted by atomic mass is 127. The molecule has 0 saturated heterocycles. The zero-order chi connectivity index (χ0) is 8.27. The lowest BCUT2D eigenvalue weighted by Crippen LogP contribution is -1.97. The van der Waals surface area contributed by atoms with Gasteiger partial charge in [0.1, 0.15) is 3.70 Å². The first-order chi connectivity index (χ1) is 5.25. The summed E-state index contributed by atoms with van der Waals surface area (Å²) in [7, 11) is 0. The van der Waals surface area contributed by atoms with E-state index in [0.29, 0.717) is 10.3 Å². The van der Waals surface area contributed by atoms with Crippen LogP contribution in [-0.2, 0) is 0 Å². The van der Waals surface area contributed by atoms with E-state index in [1.807, 2.05) is 29.5 Å². The summed E-state index contributed by atoms with van der Waals surface area (Å²) in [5.74, 6) is -0.109. The first-order valence-electron chi connectivity index (χ1n) is 3.18. The molecule has 0 aliphatic rings. The van der Waals surface area contributed by atoms with Crippen LogP contribution in [0.2, 0.25) is 0 Å². The van der Waals surface area contributed by atoms with Crippen LogP contribution in [0, 0.1) is 9.52 Å². The minimum absolute atomic E-state index is 0.270. The third-order valence-corrected chi connectivity index (χ3v) is 1.86. The topological polar surface area (TPSA) is 22.1 Å². The normalized spacial score (nSPS) is 9.73. The van der Waals surface area contributed by atoms with Gasteiger partial charge in [-0.15, -0.1) is 0 Å². The number of hydrogen-bond donors (Lipinski definition) is 0. The Morgan fingerprint density at radius 3 is 3.09 bits per heavy atom. The van der Waals surface area contributed by atoms with E-state index in [2.05, 4.69) is 4.98 Å². The molecular weight excluding hydrogens is 260 g/mol. The molecule has 0 radical (unpaired) electrons. The quantitative estimate of drug-likeness (QED) is 0.605. The predicted octanol–water partition coefficient (Wildman–Crippen LogP) is 2.22. The molecule has 1 heterocycles. The predicted molar refractivity (Wildman–Crippen MR) is 48.1 cm³/mol.